The van der Waals surface area contributed by atoms with Crippen molar-refractivity contribution in [1.82, 2.24) is 5.32 Å². The maximum Gasteiger partial charge on any atom is 0.155 e. The lowest BCUT2D eigenvalue weighted by atomic mass is 9.99. The molecule has 5 heteroatoms. The number of hydrogen-bond donors (Lipinski definition) is 1. The van der Waals surface area contributed by atoms with E-state index in [0.717, 1.165) is 22.3 Å². The Morgan fingerprint density at radius 2 is 1.95 bits per heavy atom. The van der Waals surface area contributed by atoms with E-state index in [1.54, 1.807) is 14.2 Å². The second kappa shape index (κ2) is 7.73. The number of methoxy groups -OCH3 is 1. The number of nitrogens with one attached hydrogen (secondary N) is 1. The van der Waals surface area contributed by atoms with Crippen LogP contribution >= 0.6 is 11.6 Å². The van der Waals surface area contributed by atoms with Gasteiger partial charge in [-0.1, -0.05) is 41.9 Å². The fourth-order valence-electron chi connectivity index (χ4n) is 2.25. The number of amidine groups is 1. The Balaban J connectivity index is 2.39. The van der Waals surface area contributed by atoms with E-state index in [4.69, 9.17) is 16.3 Å². The third-order valence-electron chi connectivity index (χ3n) is 3.24. The first-order valence-electron chi connectivity index (χ1n) is 6.79. The molecule has 0 radical (unpaired) electrons. The van der Waals surface area contributed by atoms with Gasteiger partial charge in [0.05, 0.1) is 6.61 Å². The summed E-state index contributed by atoms with van der Waals surface area (Å²) in [6.45, 7) is 3.89. The molecule has 0 unspecified atom stereocenters. The maximum absolute atomic E-state index is 6.06. The lowest BCUT2D eigenvalue weighted by molar-refractivity contribution is 0.185. The number of rotatable bonds is 5. The van der Waals surface area contributed by atoms with E-state index >= 15 is 0 Å². The van der Waals surface area contributed by atoms with Crippen molar-refractivity contribution in [3.05, 3.63) is 58.6 Å². The minimum Gasteiger partial charge on any atom is -0.380 e. The molecule has 114 valence electrons. The van der Waals surface area contributed by atoms with Crippen molar-refractivity contribution in [2.45, 2.75) is 6.61 Å². The van der Waals surface area contributed by atoms with Crippen LogP contribution in [0.4, 0.5) is 0 Å². The van der Waals surface area contributed by atoms with E-state index in [0.29, 0.717) is 17.5 Å². The molecular formula is C17H18ClN3O. The van der Waals surface area contributed by atoms with Crippen molar-refractivity contribution in [2.24, 2.45) is 10.2 Å². The number of halogens is 1. The zero-order valence-corrected chi connectivity index (χ0v) is 13.4. The molecular weight excluding hydrogens is 298 g/mol. The minimum absolute atomic E-state index is 0.515. The van der Waals surface area contributed by atoms with Gasteiger partial charge in [0.1, 0.15) is 0 Å². The van der Waals surface area contributed by atoms with Crippen LogP contribution < -0.4 is 5.32 Å². The molecule has 0 aliphatic rings. The maximum atomic E-state index is 6.06. The Bertz CT molecular complexity index is 681. The number of nitrogens with zero attached hydrogens (tertiary/aromatic N) is 2. The summed E-state index contributed by atoms with van der Waals surface area (Å²) in [5.74, 6) is 0.676. The largest absolute Gasteiger partial charge is 0.380 e. The smallest absolute Gasteiger partial charge is 0.155 e. The van der Waals surface area contributed by atoms with Crippen molar-refractivity contribution in [1.29, 1.82) is 0 Å². The molecule has 0 aromatic heterocycles. The molecule has 0 saturated carbocycles. The molecule has 1 N–H and O–H groups in total. The molecule has 0 spiro atoms. The van der Waals surface area contributed by atoms with Gasteiger partial charge >= 0.3 is 0 Å². The Morgan fingerprint density at radius 3 is 2.55 bits per heavy atom. The summed E-state index contributed by atoms with van der Waals surface area (Å²) >= 11 is 6.06. The van der Waals surface area contributed by atoms with Gasteiger partial charge in [-0.2, -0.15) is 5.10 Å². The minimum atomic E-state index is 0.515. The highest BCUT2D eigenvalue weighted by Gasteiger charge is 2.07. The highest BCUT2D eigenvalue weighted by Crippen LogP contribution is 2.27. The van der Waals surface area contributed by atoms with E-state index < -0.39 is 0 Å². The summed E-state index contributed by atoms with van der Waals surface area (Å²) < 4.78 is 5.25. The zero-order valence-electron chi connectivity index (χ0n) is 12.6. The molecule has 0 fully saturated rings. The molecule has 0 aliphatic heterocycles. The molecule has 0 saturated heterocycles. The van der Waals surface area contributed by atoms with Crippen LogP contribution in [-0.4, -0.2) is 26.7 Å². The average molecular weight is 316 g/mol. The molecule has 22 heavy (non-hydrogen) atoms. The fourth-order valence-corrected chi connectivity index (χ4v) is 2.44. The molecule has 2 rings (SSSR count). The van der Waals surface area contributed by atoms with Crippen LogP contribution in [0.1, 0.15) is 11.1 Å². The van der Waals surface area contributed by atoms with E-state index in [-0.39, 0.29) is 0 Å². The Labute approximate surface area is 135 Å². The van der Waals surface area contributed by atoms with Crippen molar-refractivity contribution in [3.63, 3.8) is 0 Å². The van der Waals surface area contributed by atoms with Crippen molar-refractivity contribution in [3.8, 4) is 11.1 Å². The number of hydrogen-bond acceptors (Lipinski definition) is 3. The summed E-state index contributed by atoms with van der Waals surface area (Å²) in [5.41, 5.74) is 4.19. The van der Waals surface area contributed by atoms with Gasteiger partial charge in [-0.15, -0.1) is 5.10 Å². The summed E-state index contributed by atoms with van der Waals surface area (Å²) in [6, 6.07) is 13.9. The molecule has 0 heterocycles. The van der Waals surface area contributed by atoms with Crippen LogP contribution in [0, 0.1) is 0 Å². The first-order chi connectivity index (χ1) is 10.7. The van der Waals surface area contributed by atoms with E-state index in [2.05, 4.69) is 22.2 Å². The van der Waals surface area contributed by atoms with Crippen LogP contribution in [0.15, 0.2) is 52.7 Å². The molecule has 0 amide bonds. The van der Waals surface area contributed by atoms with E-state index in [1.807, 2.05) is 42.5 Å². The summed E-state index contributed by atoms with van der Waals surface area (Å²) in [5, 5.41) is 11.2. The van der Waals surface area contributed by atoms with Gasteiger partial charge in [-0.25, -0.2) is 0 Å². The summed E-state index contributed by atoms with van der Waals surface area (Å²) in [6.07, 6.45) is 0. The van der Waals surface area contributed by atoms with Crippen LogP contribution in [0.25, 0.3) is 11.1 Å². The van der Waals surface area contributed by atoms with Gasteiger partial charge in [0.15, 0.2) is 5.84 Å². The molecule has 0 atom stereocenters. The monoisotopic (exact) mass is 315 g/mol. The van der Waals surface area contributed by atoms with E-state index in [1.165, 1.54) is 0 Å². The van der Waals surface area contributed by atoms with Gasteiger partial charge in [-0.3, -0.25) is 0 Å². The van der Waals surface area contributed by atoms with Crippen molar-refractivity contribution < 1.29 is 4.74 Å². The first kappa shape index (κ1) is 16.2. The van der Waals surface area contributed by atoms with Crippen LogP contribution in [-0.2, 0) is 11.3 Å². The van der Waals surface area contributed by atoms with Crippen molar-refractivity contribution in [2.75, 3.05) is 14.2 Å². The summed E-state index contributed by atoms with van der Waals surface area (Å²) in [7, 11) is 3.47. The first-order valence-corrected chi connectivity index (χ1v) is 7.17. The second-order valence-electron chi connectivity index (χ2n) is 4.65. The van der Waals surface area contributed by atoms with Gasteiger partial charge in [-0.05, 0) is 28.8 Å². The number of benzene rings is 2. The third-order valence-corrected chi connectivity index (χ3v) is 3.48. The fraction of sp³-hybridized carbons (Fsp3) is 0.176. The second-order valence-corrected chi connectivity index (χ2v) is 5.09. The van der Waals surface area contributed by atoms with Gasteiger partial charge in [0.25, 0.3) is 0 Å². The van der Waals surface area contributed by atoms with Crippen LogP contribution in [0.5, 0.6) is 0 Å². The molecule has 0 aliphatic carbocycles. The van der Waals surface area contributed by atoms with Gasteiger partial charge in [0.2, 0.25) is 0 Å². The molecule has 2 aromatic carbocycles. The van der Waals surface area contributed by atoms with Crippen LogP contribution in [0.2, 0.25) is 5.02 Å². The predicted octanol–water partition coefficient (Wildman–Crippen LogP) is 3.74. The molecule has 2 aromatic rings. The lowest BCUT2D eigenvalue weighted by Crippen LogP contribution is -2.18. The zero-order chi connectivity index (χ0) is 15.9. The standard InChI is InChI=1S/C17H18ClN3O/c1-19-17(21-20-2)13-6-4-12(5-7-13)16-9-8-15(18)10-14(16)11-22-3/h4-10H,2,11H2,1,3H3,(H,19,21). The topological polar surface area (TPSA) is 46.0 Å². The Morgan fingerprint density at radius 1 is 1.23 bits per heavy atom. The van der Waals surface area contributed by atoms with Crippen LogP contribution in [0.3, 0.4) is 0 Å². The average Bonchev–Trinajstić information content (AvgIpc) is 2.53. The predicted molar refractivity (Wildman–Crippen MR) is 92.7 cm³/mol. The van der Waals surface area contributed by atoms with Gasteiger partial charge in [0, 0.05) is 31.5 Å². The lowest BCUT2D eigenvalue weighted by Gasteiger charge is -2.11. The highest BCUT2D eigenvalue weighted by atomic mass is 35.5. The summed E-state index contributed by atoms with van der Waals surface area (Å²) in [4.78, 5) is 0. The van der Waals surface area contributed by atoms with Crippen molar-refractivity contribution >= 4 is 24.2 Å². The molecule has 0 bridgehead atoms. The highest BCUT2D eigenvalue weighted by molar-refractivity contribution is 6.30. The normalized spacial score (nSPS) is 11.3. The van der Waals surface area contributed by atoms with E-state index in [9.17, 15) is 0 Å². The Kier molecular flexibility index (Phi) is 5.69. The quantitative estimate of drug-likeness (QED) is 0.519. The number of ether oxygens (including phenoxy) is 1. The Hall–Kier alpha value is -2.17. The third kappa shape index (κ3) is 3.72. The SMILES string of the molecule is C=N/N=C(\NC)c1ccc(-c2ccc(Cl)cc2COC)cc1. The van der Waals surface area contributed by atoms with Gasteiger partial charge < -0.3 is 10.1 Å². The molecule has 4 nitrogen and oxygen atoms in total.